The van der Waals surface area contributed by atoms with E-state index in [2.05, 4.69) is 0 Å². The minimum Gasteiger partial charge on any atom is -0.404 e. The Kier molecular flexibility index (Phi) is 3.73. The molecule has 0 saturated carbocycles. The highest BCUT2D eigenvalue weighted by atomic mass is 32.2. The summed E-state index contributed by atoms with van der Waals surface area (Å²) in [5, 5.41) is 6.49. The fraction of sp³-hybridized carbons (Fsp3) is 0. The highest BCUT2D eigenvalue weighted by Gasteiger charge is 1.51. The van der Waals surface area contributed by atoms with E-state index in [-0.39, 0.29) is 0 Å². The van der Waals surface area contributed by atoms with Gasteiger partial charge in [-0.2, -0.15) is 0 Å². The van der Waals surface area contributed by atoms with Crippen LogP contribution >= 0.6 is 11.9 Å². The predicted molar refractivity (Wildman–Crippen MR) is 25.1 cm³/mol. The van der Waals surface area contributed by atoms with E-state index in [1.54, 1.807) is 5.41 Å². The molecule has 0 bridgehead atoms. The zero-order chi connectivity index (χ0) is 4.12. The second-order valence-corrected chi connectivity index (χ2v) is 1.01. The summed E-state index contributed by atoms with van der Waals surface area (Å²) in [5.74, 6) is 0. The molecule has 0 aliphatic heterocycles. The maximum absolute atomic E-state index is 4.89. The standard InChI is InChI=1S/C2H6N2S/c3-1-2-5-4/h1-2H,3-4H2/b2-1-. The number of hydrogen-bond donors (Lipinski definition) is 2. The molecule has 0 rings (SSSR count). The van der Waals surface area contributed by atoms with E-state index in [1.807, 2.05) is 0 Å². The fourth-order valence-electron chi connectivity index (χ4n) is 0.0454. The summed E-state index contributed by atoms with van der Waals surface area (Å²) in [6, 6.07) is 0. The maximum atomic E-state index is 4.89. The summed E-state index contributed by atoms with van der Waals surface area (Å²) < 4.78 is 0. The molecule has 0 fully saturated rings. The lowest BCUT2D eigenvalue weighted by atomic mass is 11.1. The van der Waals surface area contributed by atoms with Crippen molar-refractivity contribution in [1.82, 2.24) is 0 Å². The Balaban J connectivity index is 2.62. The third-order valence-electron chi connectivity index (χ3n) is 0.157. The van der Waals surface area contributed by atoms with Crippen molar-refractivity contribution in [2.24, 2.45) is 10.9 Å². The molecule has 0 amide bonds. The van der Waals surface area contributed by atoms with Gasteiger partial charge in [-0.1, -0.05) is 11.9 Å². The van der Waals surface area contributed by atoms with E-state index in [0.717, 1.165) is 11.9 Å². The third-order valence-corrected chi connectivity index (χ3v) is 0.471. The van der Waals surface area contributed by atoms with Gasteiger partial charge in [0, 0.05) is 11.6 Å². The maximum Gasteiger partial charge on any atom is 0.00168 e. The lowest BCUT2D eigenvalue weighted by molar-refractivity contribution is 1.63. The van der Waals surface area contributed by atoms with Gasteiger partial charge >= 0.3 is 0 Å². The molecule has 0 atom stereocenters. The average Bonchev–Trinajstić information content (AvgIpc) is 1.41. The minimum atomic E-state index is 1.10. The van der Waals surface area contributed by atoms with Crippen LogP contribution in [0.5, 0.6) is 0 Å². The van der Waals surface area contributed by atoms with Crippen molar-refractivity contribution in [3.8, 4) is 0 Å². The molecule has 0 radical (unpaired) electrons. The second-order valence-electron chi connectivity index (χ2n) is 0.465. The first-order valence-electron chi connectivity index (χ1n) is 1.14. The molecule has 0 heterocycles. The molecular formula is C2H6N2S. The fourth-order valence-corrected chi connectivity index (χ4v) is 0.136. The van der Waals surface area contributed by atoms with Crippen LogP contribution in [0.25, 0.3) is 0 Å². The van der Waals surface area contributed by atoms with Crippen LogP contribution in [-0.2, 0) is 0 Å². The van der Waals surface area contributed by atoms with Crippen LogP contribution in [0.1, 0.15) is 0 Å². The van der Waals surface area contributed by atoms with Crippen molar-refractivity contribution >= 4 is 11.9 Å². The van der Waals surface area contributed by atoms with E-state index >= 15 is 0 Å². The van der Waals surface area contributed by atoms with E-state index < -0.39 is 0 Å². The molecule has 4 N–H and O–H groups in total. The van der Waals surface area contributed by atoms with Gasteiger partial charge in [-0.05, 0) is 0 Å². The van der Waals surface area contributed by atoms with Crippen LogP contribution in [0.15, 0.2) is 11.6 Å². The molecule has 0 aromatic heterocycles. The minimum absolute atomic E-state index is 1.10. The van der Waals surface area contributed by atoms with Gasteiger partial charge < -0.3 is 5.73 Å². The summed E-state index contributed by atoms with van der Waals surface area (Å²) in [5.41, 5.74) is 4.86. The monoisotopic (exact) mass is 90.0 g/mol. The summed E-state index contributed by atoms with van der Waals surface area (Å²) >= 11 is 1.10. The molecule has 3 heteroatoms. The van der Waals surface area contributed by atoms with E-state index in [9.17, 15) is 0 Å². The molecule has 5 heavy (non-hydrogen) atoms. The van der Waals surface area contributed by atoms with Crippen LogP contribution in [0.2, 0.25) is 0 Å². The lowest BCUT2D eigenvalue weighted by Gasteiger charge is -1.67. The van der Waals surface area contributed by atoms with Crippen LogP contribution in [0.4, 0.5) is 0 Å². The first-order chi connectivity index (χ1) is 2.41. The molecule has 0 saturated heterocycles. The highest BCUT2D eigenvalue weighted by Crippen LogP contribution is 1.80. The Morgan fingerprint density at radius 3 is 2.20 bits per heavy atom. The van der Waals surface area contributed by atoms with Crippen molar-refractivity contribution < 1.29 is 0 Å². The van der Waals surface area contributed by atoms with Crippen LogP contribution in [-0.4, -0.2) is 0 Å². The third kappa shape index (κ3) is 3.85. The van der Waals surface area contributed by atoms with E-state index in [1.165, 1.54) is 6.20 Å². The predicted octanol–water partition coefficient (Wildman–Crippen LogP) is 0.0232. The van der Waals surface area contributed by atoms with Gasteiger partial charge in [0.2, 0.25) is 0 Å². The molecule has 0 spiro atoms. The Morgan fingerprint density at radius 2 is 2.20 bits per heavy atom. The summed E-state index contributed by atoms with van der Waals surface area (Å²) in [6.07, 6.45) is 1.39. The smallest absolute Gasteiger partial charge is 0.00168 e. The summed E-state index contributed by atoms with van der Waals surface area (Å²) in [6.45, 7) is 0. The van der Waals surface area contributed by atoms with Gasteiger partial charge in [0.1, 0.15) is 0 Å². The SMILES string of the molecule is N/C=C\SN. The number of hydrogen-bond acceptors (Lipinski definition) is 3. The van der Waals surface area contributed by atoms with Gasteiger partial charge in [0.05, 0.1) is 0 Å². The first-order valence-corrected chi connectivity index (χ1v) is 2.08. The van der Waals surface area contributed by atoms with Crippen molar-refractivity contribution in [3.63, 3.8) is 0 Å². The molecule has 0 unspecified atom stereocenters. The highest BCUT2D eigenvalue weighted by molar-refractivity contribution is 7.99. The normalized spacial score (nSPS) is 9.80. The summed E-state index contributed by atoms with van der Waals surface area (Å²) in [4.78, 5) is 0. The van der Waals surface area contributed by atoms with Gasteiger partial charge in [0.15, 0.2) is 0 Å². The zero-order valence-corrected chi connectivity index (χ0v) is 3.53. The van der Waals surface area contributed by atoms with Crippen molar-refractivity contribution in [3.05, 3.63) is 11.6 Å². The number of nitrogens with two attached hydrogens (primary N) is 2. The molecular weight excluding hydrogens is 84.1 g/mol. The second kappa shape index (κ2) is 3.85. The largest absolute Gasteiger partial charge is 0.404 e. The first kappa shape index (κ1) is 4.85. The van der Waals surface area contributed by atoms with E-state index in [0.29, 0.717) is 0 Å². The lowest BCUT2D eigenvalue weighted by Crippen LogP contribution is -1.75. The molecule has 30 valence electrons. The summed E-state index contributed by atoms with van der Waals surface area (Å²) in [7, 11) is 0. The topological polar surface area (TPSA) is 52.0 Å². The van der Waals surface area contributed by atoms with Crippen LogP contribution < -0.4 is 10.9 Å². The van der Waals surface area contributed by atoms with Gasteiger partial charge in [0.25, 0.3) is 0 Å². The average molecular weight is 90.2 g/mol. The Bertz CT molecular complexity index is 34.6. The van der Waals surface area contributed by atoms with Gasteiger partial charge in [-0.3, -0.25) is 5.14 Å². The van der Waals surface area contributed by atoms with Gasteiger partial charge in [-0.15, -0.1) is 0 Å². The Labute approximate surface area is 35.4 Å². The molecule has 0 aromatic carbocycles. The van der Waals surface area contributed by atoms with E-state index in [4.69, 9.17) is 10.9 Å². The van der Waals surface area contributed by atoms with Gasteiger partial charge in [-0.25, -0.2) is 0 Å². The van der Waals surface area contributed by atoms with Crippen molar-refractivity contribution in [2.75, 3.05) is 0 Å². The molecule has 0 aliphatic rings. The Hall–Kier alpha value is -0.150. The quantitative estimate of drug-likeness (QED) is 0.446. The molecule has 0 aliphatic carbocycles. The zero-order valence-electron chi connectivity index (χ0n) is 2.72. The van der Waals surface area contributed by atoms with Crippen molar-refractivity contribution in [2.45, 2.75) is 0 Å². The molecule has 2 nitrogen and oxygen atoms in total. The van der Waals surface area contributed by atoms with Crippen molar-refractivity contribution in [1.29, 1.82) is 0 Å². The van der Waals surface area contributed by atoms with Crippen LogP contribution in [0, 0.1) is 0 Å². The van der Waals surface area contributed by atoms with Crippen LogP contribution in [0.3, 0.4) is 0 Å². The molecule has 0 aromatic rings. The Morgan fingerprint density at radius 1 is 1.60 bits per heavy atom. The number of rotatable bonds is 1.